The number of esters is 1. The zero-order valence-electron chi connectivity index (χ0n) is 17.4. The van der Waals surface area contributed by atoms with Gasteiger partial charge in [-0.1, -0.05) is 6.07 Å². The number of halogens is 2. The quantitative estimate of drug-likeness (QED) is 0.227. The Bertz CT molecular complexity index is 1450. The molecule has 0 atom stereocenters. The lowest BCUT2D eigenvalue weighted by Gasteiger charge is -2.12. The van der Waals surface area contributed by atoms with Crippen molar-refractivity contribution in [2.45, 2.75) is 20.4 Å². The number of hydrogen-bond donors (Lipinski definition) is 0. The summed E-state index contributed by atoms with van der Waals surface area (Å²) in [6, 6.07) is 9.35. The SMILES string of the molecule is CC(=O)Oc1cn(Cc2c(F)cccc2F)c2sc(-c3ccc([N+](=O)[O-])cc3)c(C)c2c1=O. The van der Waals surface area contributed by atoms with Gasteiger partial charge in [0.15, 0.2) is 5.75 Å². The molecule has 0 unspecified atom stereocenters. The van der Waals surface area contributed by atoms with Gasteiger partial charge < -0.3 is 9.30 Å². The van der Waals surface area contributed by atoms with Gasteiger partial charge in [-0.05, 0) is 42.3 Å². The largest absolute Gasteiger partial charge is 0.421 e. The van der Waals surface area contributed by atoms with E-state index in [1.165, 1.54) is 40.3 Å². The third-order valence-corrected chi connectivity index (χ3v) is 6.48. The number of ether oxygens (including phenoxy) is 1. The van der Waals surface area contributed by atoms with Gasteiger partial charge in [-0.15, -0.1) is 11.3 Å². The number of pyridine rings is 1. The summed E-state index contributed by atoms with van der Waals surface area (Å²) >= 11 is 1.20. The number of thiophene rings is 1. The van der Waals surface area contributed by atoms with Crippen molar-refractivity contribution in [3.05, 3.63) is 91.8 Å². The highest BCUT2D eigenvalue weighted by molar-refractivity contribution is 7.22. The highest BCUT2D eigenvalue weighted by atomic mass is 32.1. The van der Waals surface area contributed by atoms with Crippen molar-refractivity contribution in [3.8, 4) is 16.2 Å². The fourth-order valence-electron chi connectivity index (χ4n) is 3.56. The first-order chi connectivity index (χ1) is 15.7. The number of nitrogens with zero attached hydrogens (tertiary/aromatic N) is 2. The number of fused-ring (bicyclic) bond motifs is 1. The van der Waals surface area contributed by atoms with Gasteiger partial charge in [0.2, 0.25) is 5.43 Å². The second kappa shape index (κ2) is 8.55. The summed E-state index contributed by atoms with van der Waals surface area (Å²) in [7, 11) is 0. The number of rotatable bonds is 5. The van der Waals surface area contributed by atoms with E-state index >= 15 is 0 Å². The van der Waals surface area contributed by atoms with Gasteiger partial charge in [0.25, 0.3) is 5.69 Å². The molecule has 7 nitrogen and oxygen atoms in total. The molecule has 10 heteroatoms. The normalized spacial score (nSPS) is 11.0. The molecule has 33 heavy (non-hydrogen) atoms. The van der Waals surface area contributed by atoms with E-state index in [4.69, 9.17) is 4.74 Å². The van der Waals surface area contributed by atoms with Crippen molar-refractivity contribution < 1.29 is 23.2 Å². The molecule has 4 rings (SSSR count). The summed E-state index contributed by atoms with van der Waals surface area (Å²) < 4.78 is 35.2. The number of carbonyl (C=O) groups is 1. The van der Waals surface area contributed by atoms with Gasteiger partial charge >= 0.3 is 5.97 Å². The number of non-ortho nitro benzene ring substituents is 1. The molecule has 0 saturated heterocycles. The molecule has 0 aliphatic rings. The maximum atomic E-state index is 14.3. The van der Waals surface area contributed by atoms with Crippen LogP contribution in [0.4, 0.5) is 14.5 Å². The van der Waals surface area contributed by atoms with Crippen LogP contribution in [-0.2, 0) is 11.3 Å². The first-order valence-electron chi connectivity index (χ1n) is 9.70. The fraction of sp³-hybridized carbons (Fsp3) is 0.130. The van der Waals surface area contributed by atoms with Gasteiger partial charge in [-0.2, -0.15) is 0 Å². The molecule has 4 aromatic rings. The molecule has 2 aromatic carbocycles. The van der Waals surface area contributed by atoms with Crippen LogP contribution in [0.3, 0.4) is 0 Å². The summed E-state index contributed by atoms with van der Waals surface area (Å²) in [6.45, 7) is 2.60. The molecule has 2 aromatic heterocycles. The number of carbonyl (C=O) groups excluding carboxylic acids is 1. The molecule has 0 amide bonds. The van der Waals surface area contributed by atoms with E-state index in [0.29, 0.717) is 20.8 Å². The topological polar surface area (TPSA) is 91.4 Å². The van der Waals surface area contributed by atoms with Crippen LogP contribution in [-0.4, -0.2) is 15.5 Å². The number of aromatic nitrogens is 1. The highest BCUT2D eigenvalue weighted by Crippen LogP contribution is 2.38. The summed E-state index contributed by atoms with van der Waals surface area (Å²) in [6.07, 6.45) is 1.26. The maximum absolute atomic E-state index is 14.3. The molecular weight excluding hydrogens is 454 g/mol. The molecule has 2 heterocycles. The minimum atomic E-state index is -0.750. The van der Waals surface area contributed by atoms with Crippen LogP contribution < -0.4 is 10.2 Å². The Morgan fingerprint density at radius 2 is 1.79 bits per heavy atom. The predicted molar refractivity (Wildman–Crippen MR) is 120 cm³/mol. The Kier molecular flexibility index (Phi) is 5.77. The van der Waals surface area contributed by atoms with Crippen molar-refractivity contribution >= 4 is 33.2 Å². The molecule has 0 aliphatic carbocycles. The number of benzene rings is 2. The van der Waals surface area contributed by atoms with E-state index in [1.54, 1.807) is 19.1 Å². The third-order valence-electron chi connectivity index (χ3n) is 5.10. The minimum absolute atomic E-state index is 0.0794. The smallest absolute Gasteiger partial charge is 0.308 e. The Labute approximate surface area is 189 Å². The van der Waals surface area contributed by atoms with Crippen LogP contribution in [0.2, 0.25) is 0 Å². The molecule has 0 aliphatic heterocycles. The first kappa shape index (κ1) is 22.3. The fourth-order valence-corrected chi connectivity index (χ4v) is 4.84. The van der Waals surface area contributed by atoms with Crippen molar-refractivity contribution in [2.75, 3.05) is 0 Å². The lowest BCUT2D eigenvalue weighted by molar-refractivity contribution is -0.384. The van der Waals surface area contributed by atoms with E-state index in [9.17, 15) is 28.5 Å². The van der Waals surface area contributed by atoms with Crippen molar-refractivity contribution in [3.63, 3.8) is 0 Å². The van der Waals surface area contributed by atoms with Gasteiger partial charge in [0.1, 0.15) is 16.5 Å². The Balaban J connectivity index is 1.95. The Hall–Kier alpha value is -3.92. The molecule has 0 radical (unpaired) electrons. The summed E-state index contributed by atoms with van der Waals surface area (Å²) in [5.41, 5.74) is 0.373. The van der Waals surface area contributed by atoms with E-state index in [0.717, 1.165) is 19.1 Å². The monoisotopic (exact) mass is 470 g/mol. The highest BCUT2D eigenvalue weighted by Gasteiger charge is 2.21. The van der Waals surface area contributed by atoms with Crippen LogP contribution >= 0.6 is 11.3 Å². The lowest BCUT2D eigenvalue weighted by atomic mass is 10.1. The average Bonchev–Trinajstić information content (AvgIpc) is 3.11. The van der Waals surface area contributed by atoms with Crippen LogP contribution in [0.15, 0.2) is 53.5 Å². The number of hydrogen-bond acceptors (Lipinski definition) is 6. The van der Waals surface area contributed by atoms with E-state index in [1.807, 2.05) is 0 Å². The average molecular weight is 470 g/mol. The molecule has 0 saturated carbocycles. The number of nitro groups is 1. The van der Waals surface area contributed by atoms with Gasteiger partial charge in [0.05, 0.1) is 23.1 Å². The maximum Gasteiger partial charge on any atom is 0.308 e. The van der Waals surface area contributed by atoms with Gasteiger partial charge in [0, 0.05) is 29.5 Å². The number of nitro benzene ring substituents is 1. The zero-order chi connectivity index (χ0) is 23.9. The van der Waals surface area contributed by atoms with Crippen molar-refractivity contribution in [2.24, 2.45) is 0 Å². The summed E-state index contributed by atoms with van der Waals surface area (Å²) in [4.78, 5) is 36.1. The second-order valence-corrected chi connectivity index (χ2v) is 8.28. The predicted octanol–water partition coefficient (Wildman–Crippen LogP) is 5.20. The van der Waals surface area contributed by atoms with Crippen LogP contribution in [0.25, 0.3) is 20.7 Å². The number of aryl methyl sites for hydroxylation is 1. The van der Waals surface area contributed by atoms with Gasteiger partial charge in [-0.3, -0.25) is 19.7 Å². The Morgan fingerprint density at radius 3 is 2.36 bits per heavy atom. The zero-order valence-corrected chi connectivity index (χ0v) is 18.2. The summed E-state index contributed by atoms with van der Waals surface area (Å²) in [5.74, 6) is -2.47. The molecule has 0 spiro atoms. The van der Waals surface area contributed by atoms with Crippen molar-refractivity contribution in [1.29, 1.82) is 0 Å². The van der Waals surface area contributed by atoms with Gasteiger partial charge in [-0.25, -0.2) is 8.78 Å². The minimum Gasteiger partial charge on any atom is -0.421 e. The third kappa shape index (κ3) is 4.12. The first-order valence-corrected chi connectivity index (χ1v) is 10.5. The van der Waals surface area contributed by atoms with E-state index in [2.05, 4.69) is 0 Å². The molecule has 0 bridgehead atoms. The second-order valence-electron chi connectivity index (χ2n) is 7.28. The Morgan fingerprint density at radius 1 is 1.15 bits per heavy atom. The van der Waals surface area contributed by atoms with E-state index in [-0.39, 0.29) is 28.9 Å². The molecule has 0 N–H and O–H groups in total. The van der Waals surface area contributed by atoms with Crippen LogP contribution in [0.1, 0.15) is 18.1 Å². The molecule has 0 fully saturated rings. The van der Waals surface area contributed by atoms with E-state index < -0.39 is 28.0 Å². The lowest BCUT2D eigenvalue weighted by Crippen LogP contribution is -2.16. The van der Waals surface area contributed by atoms with Crippen molar-refractivity contribution in [1.82, 2.24) is 4.57 Å². The molecule has 168 valence electrons. The summed E-state index contributed by atoms with van der Waals surface area (Å²) in [5, 5.41) is 11.2. The standard InChI is InChI=1S/C23H16F2N2O5S/c1-12-20-21(29)19(32-13(2)28)11-26(10-16-17(24)4-3-5-18(16)25)23(20)33-22(12)14-6-8-15(9-7-14)27(30)31/h3-9,11H,10H2,1-2H3. The van der Waals surface area contributed by atoms with Crippen LogP contribution in [0.5, 0.6) is 5.75 Å². The van der Waals surface area contributed by atoms with Crippen LogP contribution in [0, 0.1) is 28.7 Å². The molecular formula is C23H16F2N2O5S.